The fourth-order valence-corrected chi connectivity index (χ4v) is 1.78. The van der Waals surface area contributed by atoms with E-state index >= 15 is 0 Å². The molecule has 0 saturated heterocycles. The van der Waals surface area contributed by atoms with Gasteiger partial charge in [0, 0.05) is 17.3 Å². The first-order valence-corrected chi connectivity index (χ1v) is 5.45. The van der Waals surface area contributed by atoms with Gasteiger partial charge >= 0.3 is 5.97 Å². The van der Waals surface area contributed by atoms with E-state index in [2.05, 4.69) is 0 Å². The largest absolute Gasteiger partial charge is 0.477 e. The average Bonchev–Trinajstić information content (AvgIpc) is 2.80. The van der Waals surface area contributed by atoms with Crippen LogP contribution < -0.4 is 5.73 Å². The lowest BCUT2D eigenvalue weighted by molar-refractivity contribution is 0.0685. The molecule has 1 aromatic carbocycles. The third-order valence-electron chi connectivity index (χ3n) is 2.72. The summed E-state index contributed by atoms with van der Waals surface area (Å²) in [5, 5.41) is 8.96. The maximum absolute atomic E-state index is 13.6. The zero-order valence-electron chi connectivity index (χ0n) is 9.84. The molecule has 1 aromatic heterocycles. The molecule has 2 rings (SSSR count). The number of hydrogen-bond acceptors (Lipinski definition) is 2. The molecule has 98 valence electrons. The second-order valence-corrected chi connectivity index (χ2v) is 4.00. The molecule has 0 aliphatic rings. The predicted octanol–water partition coefficient (Wildman–Crippen LogP) is 1.47. The number of aromatic carboxylic acids is 1. The van der Waals surface area contributed by atoms with E-state index in [9.17, 15) is 14.0 Å². The maximum atomic E-state index is 13.6. The Hall–Kier alpha value is -2.63. The van der Waals surface area contributed by atoms with Crippen LogP contribution in [0.1, 0.15) is 26.4 Å². The van der Waals surface area contributed by atoms with Crippen LogP contribution in [0.15, 0.2) is 36.5 Å². The quantitative estimate of drug-likeness (QED) is 0.874. The van der Waals surface area contributed by atoms with Gasteiger partial charge < -0.3 is 15.4 Å². The fraction of sp³-hybridized carbons (Fsp3) is 0.0769. The molecule has 0 atom stereocenters. The standard InChI is InChI=1S/C13H11FN2O3/c14-10-4-3-8(12(15)17)6-9(10)7-16-5-1-2-11(16)13(18)19/h1-6H,7H2,(H2,15,17)(H,18,19). The zero-order chi connectivity index (χ0) is 14.0. The highest BCUT2D eigenvalue weighted by atomic mass is 19.1. The molecule has 0 saturated carbocycles. The number of rotatable bonds is 4. The summed E-state index contributed by atoms with van der Waals surface area (Å²) in [6, 6.07) is 6.72. The summed E-state index contributed by atoms with van der Waals surface area (Å²) in [6.45, 7) is 0.0155. The number of nitrogens with two attached hydrogens (primary N) is 1. The number of amides is 1. The van der Waals surface area contributed by atoms with E-state index < -0.39 is 17.7 Å². The van der Waals surface area contributed by atoms with Crippen LogP contribution in [-0.4, -0.2) is 21.6 Å². The highest BCUT2D eigenvalue weighted by Gasteiger charge is 2.12. The Labute approximate surface area is 108 Å². The van der Waals surface area contributed by atoms with Crippen LogP contribution in [0.4, 0.5) is 4.39 Å². The van der Waals surface area contributed by atoms with Crippen LogP contribution in [0.2, 0.25) is 0 Å². The molecule has 5 nitrogen and oxygen atoms in total. The number of benzene rings is 1. The normalized spacial score (nSPS) is 10.4. The van der Waals surface area contributed by atoms with E-state index in [0.717, 1.165) is 6.07 Å². The lowest BCUT2D eigenvalue weighted by Gasteiger charge is -2.08. The fourth-order valence-electron chi connectivity index (χ4n) is 1.78. The van der Waals surface area contributed by atoms with Crippen molar-refractivity contribution in [1.82, 2.24) is 4.57 Å². The number of carbonyl (C=O) groups excluding carboxylic acids is 1. The van der Waals surface area contributed by atoms with Crippen LogP contribution in [0, 0.1) is 5.82 Å². The van der Waals surface area contributed by atoms with Gasteiger partial charge in [-0.15, -0.1) is 0 Å². The van der Waals surface area contributed by atoms with Crippen LogP contribution in [-0.2, 0) is 6.54 Å². The van der Waals surface area contributed by atoms with Gasteiger partial charge in [0.05, 0.1) is 6.54 Å². The van der Waals surface area contributed by atoms with Crippen molar-refractivity contribution in [3.63, 3.8) is 0 Å². The molecular formula is C13H11FN2O3. The minimum absolute atomic E-state index is 0.0155. The number of nitrogens with zero attached hydrogens (tertiary/aromatic N) is 1. The smallest absolute Gasteiger partial charge is 0.352 e. The summed E-state index contributed by atoms with van der Waals surface area (Å²) < 4.78 is 15.0. The molecule has 6 heteroatoms. The summed E-state index contributed by atoms with van der Waals surface area (Å²) in [5.74, 6) is -2.28. The molecule has 19 heavy (non-hydrogen) atoms. The Morgan fingerprint density at radius 1 is 1.32 bits per heavy atom. The zero-order valence-corrected chi connectivity index (χ0v) is 9.84. The van der Waals surface area contributed by atoms with Gasteiger partial charge in [-0.3, -0.25) is 4.79 Å². The van der Waals surface area contributed by atoms with Crippen LogP contribution in [0.3, 0.4) is 0 Å². The number of halogens is 1. The number of primary amides is 1. The summed E-state index contributed by atoms with van der Waals surface area (Å²) in [7, 11) is 0. The third kappa shape index (κ3) is 2.62. The molecule has 0 bridgehead atoms. The Morgan fingerprint density at radius 2 is 2.05 bits per heavy atom. The maximum Gasteiger partial charge on any atom is 0.352 e. The van der Waals surface area contributed by atoms with Gasteiger partial charge in [0.15, 0.2) is 0 Å². The number of carboxylic acids is 1. The molecule has 1 heterocycles. The van der Waals surface area contributed by atoms with Gasteiger partial charge in [-0.25, -0.2) is 9.18 Å². The summed E-state index contributed by atoms with van der Waals surface area (Å²) in [6.07, 6.45) is 1.53. The van der Waals surface area contributed by atoms with Crippen molar-refractivity contribution in [1.29, 1.82) is 0 Å². The van der Waals surface area contributed by atoms with Gasteiger partial charge in [-0.05, 0) is 30.3 Å². The average molecular weight is 262 g/mol. The summed E-state index contributed by atoms with van der Waals surface area (Å²) >= 11 is 0. The van der Waals surface area contributed by atoms with Crippen molar-refractivity contribution in [3.8, 4) is 0 Å². The Morgan fingerprint density at radius 3 is 2.68 bits per heavy atom. The number of hydrogen-bond donors (Lipinski definition) is 2. The lowest BCUT2D eigenvalue weighted by atomic mass is 10.1. The predicted molar refractivity (Wildman–Crippen MR) is 65.4 cm³/mol. The Bertz CT molecular complexity index is 649. The van der Waals surface area contributed by atoms with Crippen LogP contribution >= 0.6 is 0 Å². The highest BCUT2D eigenvalue weighted by Crippen LogP contribution is 2.14. The van der Waals surface area contributed by atoms with E-state index in [1.165, 1.54) is 29.0 Å². The van der Waals surface area contributed by atoms with E-state index in [-0.39, 0.29) is 23.4 Å². The van der Waals surface area contributed by atoms with Crippen LogP contribution in [0.5, 0.6) is 0 Å². The monoisotopic (exact) mass is 262 g/mol. The molecule has 0 fully saturated rings. The van der Waals surface area contributed by atoms with E-state index in [0.29, 0.717) is 0 Å². The Balaban J connectivity index is 2.37. The topological polar surface area (TPSA) is 85.3 Å². The van der Waals surface area contributed by atoms with E-state index in [1.54, 1.807) is 6.07 Å². The number of aromatic nitrogens is 1. The summed E-state index contributed by atoms with van der Waals surface area (Å²) in [5.41, 5.74) is 5.55. The van der Waals surface area contributed by atoms with Crippen molar-refractivity contribution in [2.45, 2.75) is 6.54 Å². The second-order valence-electron chi connectivity index (χ2n) is 4.00. The number of carboxylic acid groups (broad SMARTS) is 1. The minimum Gasteiger partial charge on any atom is -0.477 e. The Kier molecular flexibility index (Phi) is 3.33. The first-order valence-electron chi connectivity index (χ1n) is 5.45. The van der Waals surface area contributed by atoms with Crippen molar-refractivity contribution in [3.05, 3.63) is 59.2 Å². The van der Waals surface area contributed by atoms with Crippen molar-refractivity contribution in [2.75, 3.05) is 0 Å². The molecule has 0 radical (unpaired) electrons. The minimum atomic E-state index is -1.10. The highest BCUT2D eigenvalue weighted by molar-refractivity contribution is 5.92. The lowest BCUT2D eigenvalue weighted by Crippen LogP contribution is -2.13. The summed E-state index contributed by atoms with van der Waals surface area (Å²) in [4.78, 5) is 22.0. The molecule has 0 unspecified atom stereocenters. The molecule has 0 aliphatic carbocycles. The first-order chi connectivity index (χ1) is 8.99. The number of carbonyl (C=O) groups is 2. The molecule has 2 aromatic rings. The van der Waals surface area contributed by atoms with Gasteiger partial charge in [-0.1, -0.05) is 0 Å². The van der Waals surface area contributed by atoms with Crippen molar-refractivity contribution < 1.29 is 19.1 Å². The molecular weight excluding hydrogens is 251 g/mol. The van der Waals surface area contributed by atoms with Gasteiger partial charge in [0.25, 0.3) is 0 Å². The van der Waals surface area contributed by atoms with Gasteiger partial charge in [0.2, 0.25) is 5.91 Å². The van der Waals surface area contributed by atoms with Gasteiger partial charge in [-0.2, -0.15) is 0 Å². The molecule has 1 amide bonds. The first kappa shape index (κ1) is 12.8. The van der Waals surface area contributed by atoms with Gasteiger partial charge in [0.1, 0.15) is 11.5 Å². The molecule has 0 spiro atoms. The van der Waals surface area contributed by atoms with E-state index in [4.69, 9.17) is 10.8 Å². The molecule has 3 N–H and O–H groups in total. The second kappa shape index (κ2) is 4.93. The third-order valence-corrected chi connectivity index (χ3v) is 2.72. The van der Waals surface area contributed by atoms with E-state index in [1.807, 2.05) is 0 Å². The van der Waals surface area contributed by atoms with Crippen molar-refractivity contribution in [2.24, 2.45) is 5.73 Å². The SMILES string of the molecule is NC(=O)c1ccc(F)c(Cn2cccc2C(=O)O)c1. The molecule has 0 aliphatic heterocycles. The van der Waals surface area contributed by atoms with Crippen LogP contribution in [0.25, 0.3) is 0 Å². The van der Waals surface area contributed by atoms with Crippen molar-refractivity contribution >= 4 is 11.9 Å².